The van der Waals surface area contributed by atoms with Crippen LogP contribution in [0.4, 0.5) is 10.6 Å². The summed E-state index contributed by atoms with van der Waals surface area (Å²) in [5.41, 5.74) is 0. The molecule has 2 heterocycles. The molecule has 0 unspecified atom stereocenters. The molecule has 0 spiro atoms. The van der Waals surface area contributed by atoms with Crippen LogP contribution in [0.2, 0.25) is 0 Å². The van der Waals surface area contributed by atoms with Gasteiger partial charge >= 0.3 is 6.03 Å². The first kappa shape index (κ1) is 15.0. The number of imide groups is 1. The van der Waals surface area contributed by atoms with Gasteiger partial charge in [-0.25, -0.2) is 9.48 Å². The highest BCUT2D eigenvalue weighted by Crippen LogP contribution is 2.08. The van der Waals surface area contributed by atoms with Gasteiger partial charge in [0.05, 0.1) is 6.20 Å². The van der Waals surface area contributed by atoms with Crippen LogP contribution in [-0.2, 0) is 16.1 Å². The first-order valence-corrected chi connectivity index (χ1v) is 7.00. The molecule has 8 heteroatoms. The molecule has 2 rings (SSSR count). The summed E-state index contributed by atoms with van der Waals surface area (Å²) in [6.45, 7) is 2.99. The Morgan fingerprint density at radius 3 is 3.00 bits per heavy atom. The Morgan fingerprint density at radius 1 is 1.48 bits per heavy atom. The number of hydrogen-bond acceptors (Lipinski definition) is 4. The molecule has 0 aromatic carbocycles. The molecule has 2 N–H and O–H groups in total. The average molecular weight is 293 g/mol. The van der Waals surface area contributed by atoms with Crippen molar-refractivity contribution in [2.45, 2.75) is 32.7 Å². The van der Waals surface area contributed by atoms with E-state index in [0.717, 1.165) is 19.4 Å². The van der Waals surface area contributed by atoms with Crippen molar-refractivity contribution in [3.05, 3.63) is 12.3 Å². The molecule has 1 saturated heterocycles. The zero-order valence-electron chi connectivity index (χ0n) is 12.0. The van der Waals surface area contributed by atoms with Gasteiger partial charge in [0.1, 0.15) is 12.4 Å². The zero-order valence-corrected chi connectivity index (χ0v) is 12.0. The lowest BCUT2D eigenvalue weighted by molar-refractivity contribution is -0.123. The topological polar surface area (TPSA) is 96.3 Å². The highest BCUT2D eigenvalue weighted by atomic mass is 16.2. The molecular formula is C13H19N5O3. The molecule has 0 radical (unpaired) electrons. The van der Waals surface area contributed by atoms with E-state index in [1.54, 1.807) is 16.9 Å². The lowest BCUT2D eigenvalue weighted by atomic mass is 10.3. The minimum atomic E-state index is -0.527. The van der Waals surface area contributed by atoms with Gasteiger partial charge in [0.25, 0.3) is 0 Å². The predicted molar refractivity (Wildman–Crippen MR) is 75.5 cm³/mol. The minimum absolute atomic E-state index is 0.0852. The van der Waals surface area contributed by atoms with Crippen molar-refractivity contribution in [3.63, 3.8) is 0 Å². The van der Waals surface area contributed by atoms with Crippen LogP contribution in [0.5, 0.6) is 0 Å². The Hall–Kier alpha value is -2.38. The summed E-state index contributed by atoms with van der Waals surface area (Å²) in [7, 11) is 0. The molecule has 1 aliphatic heterocycles. The molecule has 8 nitrogen and oxygen atoms in total. The van der Waals surface area contributed by atoms with Gasteiger partial charge in [-0.3, -0.25) is 14.9 Å². The Bertz CT molecular complexity index is 540. The number of urea groups is 1. The number of aromatic nitrogens is 2. The summed E-state index contributed by atoms with van der Waals surface area (Å²) in [5.74, 6) is -0.00556. The second-order valence-corrected chi connectivity index (χ2v) is 4.87. The molecule has 114 valence electrons. The van der Waals surface area contributed by atoms with Crippen LogP contribution >= 0.6 is 0 Å². The van der Waals surface area contributed by atoms with Crippen LogP contribution in [0.1, 0.15) is 26.2 Å². The number of carbonyl (C=O) groups is 3. The second kappa shape index (κ2) is 6.87. The number of hydrogen-bond donors (Lipinski definition) is 2. The number of anilines is 1. The fourth-order valence-corrected chi connectivity index (χ4v) is 2.03. The average Bonchev–Trinajstić information content (AvgIpc) is 2.87. The maximum absolute atomic E-state index is 12.0. The molecule has 1 aromatic rings. The molecule has 0 bridgehead atoms. The van der Waals surface area contributed by atoms with Gasteiger partial charge in [-0.05, 0) is 6.42 Å². The third-order valence-corrected chi connectivity index (χ3v) is 3.18. The number of amides is 4. The number of unbranched alkanes of at least 4 members (excludes halogenated alkanes) is 1. The molecule has 1 aliphatic rings. The first-order valence-electron chi connectivity index (χ1n) is 7.00. The van der Waals surface area contributed by atoms with Crippen molar-refractivity contribution >= 4 is 23.7 Å². The van der Waals surface area contributed by atoms with Crippen molar-refractivity contribution in [3.8, 4) is 0 Å². The van der Waals surface area contributed by atoms with Gasteiger partial charge in [-0.2, -0.15) is 5.10 Å². The third-order valence-electron chi connectivity index (χ3n) is 3.18. The van der Waals surface area contributed by atoms with Crippen molar-refractivity contribution in [2.75, 3.05) is 18.4 Å². The van der Waals surface area contributed by atoms with Crippen LogP contribution < -0.4 is 10.6 Å². The van der Waals surface area contributed by atoms with Crippen molar-refractivity contribution in [1.29, 1.82) is 0 Å². The molecule has 21 heavy (non-hydrogen) atoms. The quantitative estimate of drug-likeness (QED) is 0.801. The van der Waals surface area contributed by atoms with Gasteiger partial charge in [0.2, 0.25) is 11.8 Å². The molecule has 1 aromatic heterocycles. The molecule has 4 amide bonds. The summed E-state index contributed by atoms with van der Waals surface area (Å²) < 4.78 is 1.72. The summed E-state index contributed by atoms with van der Waals surface area (Å²) in [4.78, 5) is 35.9. The van der Waals surface area contributed by atoms with Gasteiger partial charge in [0, 0.05) is 25.6 Å². The third kappa shape index (κ3) is 4.04. The van der Waals surface area contributed by atoms with E-state index in [1.807, 2.05) is 0 Å². The summed E-state index contributed by atoms with van der Waals surface area (Å²) in [6.07, 6.45) is 3.85. The number of rotatable bonds is 6. The van der Waals surface area contributed by atoms with E-state index in [0.29, 0.717) is 5.82 Å². The first-order chi connectivity index (χ1) is 10.1. The lowest BCUT2D eigenvalue weighted by Gasteiger charge is -2.25. The van der Waals surface area contributed by atoms with Crippen molar-refractivity contribution in [1.82, 2.24) is 20.0 Å². The maximum Gasteiger partial charge on any atom is 0.324 e. The highest BCUT2D eigenvalue weighted by Gasteiger charge is 2.24. The molecular weight excluding hydrogens is 274 g/mol. The van der Waals surface area contributed by atoms with Gasteiger partial charge in [-0.1, -0.05) is 13.3 Å². The van der Waals surface area contributed by atoms with E-state index < -0.39 is 6.03 Å². The van der Waals surface area contributed by atoms with Gasteiger partial charge in [-0.15, -0.1) is 0 Å². The van der Waals surface area contributed by atoms with E-state index in [4.69, 9.17) is 0 Å². The Labute approximate surface area is 122 Å². The monoisotopic (exact) mass is 293 g/mol. The number of carbonyl (C=O) groups excluding carboxylic acids is 3. The van der Waals surface area contributed by atoms with Crippen LogP contribution in [0.15, 0.2) is 12.3 Å². The van der Waals surface area contributed by atoms with E-state index in [9.17, 15) is 14.4 Å². The molecule has 0 saturated carbocycles. The summed E-state index contributed by atoms with van der Waals surface area (Å²) >= 11 is 0. The summed E-state index contributed by atoms with van der Waals surface area (Å²) in [6, 6.07) is 1.19. The summed E-state index contributed by atoms with van der Waals surface area (Å²) in [5, 5.41) is 9.06. The zero-order chi connectivity index (χ0) is 15.2. The predicted octanol–water partition coefficient (Wildman–Crippen LogP) is 0.564. The van der Waals surface area contributed by atoms with Crippen LogP contribution in [0.25, 0.3) is 0 Å². The highest BCUT2D eigenvalue weighted by molar-refractivity contribution is 5.99. The molecule has 0 atom stereocenters. The normalized spacial score (nSPS) is 15.0. The number of nitrogens with one attached hydrogen (secondary N) is 2. The fourth-order valence-electron chi connectivity index (χ4n) is 2.03. The Morgan fingerprint density at radius 2 is 2.29 bits per heavy atom. The second-order valence-electron chi connectivity index (χ2n) is 4.87. The van der Waals surface area contributed by atoms with Gasteiger partial charge in [0.15, 0.2) is 0 Å². The van der Waals surface area contributed by atoms with Crippen LogP contribution in [-0.4, -0.2) is 45.6 Å². The largest absolute Gasteiger partial charge is 0.324 e. The van der Waals surface area contributed by atoms with E-state index in [1.165, 1.54) is 4.90 Å². The van der Waals surface area contributed by atoms with E-state index in [-0.39, 0.29) is 31.3 Å². The molecule has 0 aliphatic carbocycles. The standard InChI is InChI=1S/C13H19N5O3/c1-2-3-7-18-10(4-6-14-18)15-12(20)9-17-8-5-11(19)16-13(17)21/h4,6H,2-3,5,7-9H2,1H3,(H,15,20)(H,16,19,21). The number of aryl methyl sites for hydroxylation is 1. The molecule has 1 fully saturated rings. The number of nitrogens with zero attached hydrogens (tertiary/aromatic N) is 3. The fraction of sp³-hybridized carbons (Fsp3) is 0.538. The maximum atomic E-state index is 12.0. The smallest absolute Gasteiger partial charge is 0.315 e. The van der Waals surface area contributed by atoms with E-state index in [2.05, 4.69) is 22.7 Å². The Balaban J connectivity index is 1.88. The van der Waals surface area contributed by atoms with Crippen LogP contribution in [0.3, 0.4) is 0 Å². The Kier molecular flexibility index (Phi) is 4.91. The SMILES string of the molecule is CCCCn1nccc1NC(=O)CN1CCC(=O)NC1=O. The van der Waals surface area contributed by atoms with Crippen molar-refractivity contribution in [2.24, 2.45) is 0 Å². The van der Waals surface area contributed by atoms with Crippen molar-refractivity contribution < 1.29 is 14.4 Å². The van der Waals surface area contributed by atoms with Gasteiger partial charge < -0.3 is 10.2 Å². The van der Waals surface area contributed by atoms with E-state index >= 15 is 0 Å². The van der Waals surface area contributed by atoms with Crippen LogP contribution in [0, 0.1) is 0 Å². The minimum Gasteiger partial charge on any atom is -0.315 e. The lowest BCUT2D eigenvalue weighted by Crippen LogP contribution is -2.51.